The van der Waals surface area contributed by atoms with Crippen LogP contribution in [0.1, 0.15) is 25.7 Å². The highest BCUT2D eigenvalue weighted by atomic mass is 16.2. The van der Waals surface area contributed by atoms with Crippen LogP contribution in [0.5, 0.6) is 0 Å². The van der Waals surface area contributed by atoms with Crippen molar-refractivity contribution in [2.75, 3.05) is 17.2 Å². The Bertz CT molecular complexity index is 520. The Labute approximate surface area is 118 Å². The SMILES string of the molecule is O=C(Nc1cccc(NC(=O)[C@H]2CCCN2)c1)C1CC1. The number of carbonyl (C=O) groups is 2. The van der Waals surface area contributed by atoms with E-state index in [1.54, 1.807) is 6.07 Å². The Morgan fingerprint density at radius 1 is 1.05 bits per heavy atom. The molecule has 20 heavy (non-hydrogen) atoms. The monoisotopic (exact) mass is 273 g/mol. The highest BCUT2D eigenvalue weighted by molar-refractivity contribution is 5.97. The molecule has 3 N–H and O–H groups in total. The van der Waals surface area contributed by atoms with E-state index in [9.17, 15) is 9.59 Å². The number of anilines is 2. The van der Waals surface area contributed by atoms with E-state index in [0.717, 1.165) is 43.6 Å². The van der Waals surface area contributed by atoms with Crippen molar-refractivity contribution in [3.05, 3.63) is 24.3 Å². The minimum atomic E-state index is -0.0975. The van der Waals surface area contributed by atoms with Crippen LogP contribution in [0, 0.1) is 5.92 Å². The van der Waals surface area contributed by atoms with Crippen molar-refractivity contribution in [2.24, 2.45) is 5.92 Å². The zero-order chi connectivity index (χ0) is 13.9. The maximum Gasteiger partial charge on any atom is 0.241 e. The van der Waals surface area contributed by atoms with E-state index >= 15 is 0 Å². The first-order valence-electron chi connectivity index (χ1n) is 7.17. The zero-order valence-electron chi connectivity index (χ0n) is 11.3. The van der Waals surface area contributed by atoms with Crippen molar-refractivity contribution in [1.82, 2.24) is 5.32 Å². The molecule has 3 rings (SSSR count). The summed E-state index contributed by atoms with van der Waals surface area (Å²) in [7, 11) is 0. The molecule has 1 saturated carbocycles. The summed E-state index contributed by atoms with van der Waals surface area (Å²) in [6.45, 7) is 0.898. The number of hydrogen-bond acceptors (Lipinski definition) is 3. The molecular formula is C15H19N3O2. The van der Waals surface area contributed by atoms with Crippen molar-refractivity contribution < 1.29 is 9.59 Å². The van der Waals surface area contributed by atoms with Gasteiger partial charge in [-0.25, -0.2) is 0 Å². The van der Waals surface area contributed by atoms with Gasteiger partial charge >= 0.3 is 0 Å². The lowest BCUT2D eigenvalue weighted by Crippen LogP contribution is -2.35. The van der Waals surface area contributed by atoms with Crippen LogP contribution in [0.4, 0.5) is 11.4 Å². The quantitative estimate of drug-likeness (QED) is 0.782. The van der Waals surface area contributed by atoms with E-state index in [-0.39, 0.29) is 23.8 Å². The van der Waals surface area contributed by atoms with Gasteiger partial charge in [-0.1, -0.05) is 6.07 Å². The van der Waals surface area contributed by atoms with E-state index in [4.69, 9.17) is 0 Å². The summed E-state index contributed by atoms with van der Waals surface area (Å²) in [5.74, 6) is 0.245. The van der Waals surface area contributed by atoms with Gasteiger partial charge in [-0.05, 0) is 50.4 Å². The summed E-state index contributed by atoms with van der Waals surface area (Å²) in [6, 6.07) is 7.20. The fourth-order valence-corrected chi connectivity index (χ4v) is 2.40. The maximum absolute atomic E-state index is 12.0. The summed E-state index contributed by atoms with van der Waals surface area (Å²) in [5.41, 5.74) is 1.45. The lowest BCUT2D eigenvalue weighted by Gasteiger charge is -2.12. The van der Waals surface area contributed by atoms with Crippen LogP contribution in [0.25, 0.3) is 0 Å². The molecule has 2 aliphatic rings. The molecule has 1 aromatic rings. The van der Waals surface area contributed by atoms with Crippen molar-refractivity contribution in [1.29, 1.82) is 0 Å². The number of hydrogen-bond donors (Lipinski definition) is 3. The van der Waals surface area contributed by atoms with Gasteiger partial charge in [0.1, 0.15) is 0 Å². The van der Waals surface area contributed by atoms with Gasteiger partial charge in [-0.2, -0.15) is 0 Å². The fraction of sp³-hybridized carbons (Fsp3) is 0.467. The Morgan fingerprint density at radius 3 is 2.35 bits per heavy atom. The fourth-order valence-electron chi connectivity index (χ4n) is 2.40. The molecule has 1 heterocycles. The van der Waals surface area contributed by atoms with Gasteiger partial charge in [0.05, 0.1) is 6.04 Å². The Hall–Kier alpha value is -1.88. The first-order valence-corrected chi connectivity index (χ1v) is 7.17. The Morgan fingerprint density at radius 2 is 1.75 bits per heavy atom. The van der Waals surface area contributed by atoms with Gasteiger partial charge in [0, 0.05) is 17.3 Å². The molecular weight excluding hydrogens is 254 g/mol. The van der Waals surface area contributed by atoms with Gasteiger partial charge in [0.25, 0.3) is 0 Å². The second-order valence-corrected chi connectivity index (χ2v) is 5.48. The van der Waals surface area contributed by atoms with Gasteiger partial charge < -0.3 is 16.0 Å². The highest BCUT2D eigenvalue weighted by Crippen LogP contribution is 2.30. The zero-order valence-corrected chi connectivity index (χ0v) is 11.3. The van der Waals surface area contributed by atoms with E-state index in [1.165, 1.54) is 0 Å². The summed E-state index contributed by atoms with van der Waals surface area (Å²) < 4.78 is 0. The van der Waals surface area contributed by atoms with Crippen LogP contribution in [-0.2, 0) is 9.59 Å². The lowest BCUT2D eigenvalue weighted by atomic mass is 10.2. The average Bonchev–Trinajstić information content (AvgIpc) is 3.14. The predicted octanol–water partition coefficient (Wildman–Crippen LogP) is 1.73. The molecule has 1 aliphatic heterocycles. The maximum atomic E-state index is 12.0. The summed E-state index contributed by atoms with van der Waals surface area (Å²) >= 11 is 0. The molecule has 1 aliphatic carbocycles. The molecule has 0 radical (unpaired) electrons. The lowest BCUT2D eigenvalue weighted by molar-refractivity contribution is -0.118. The van der Waals surface area contributed by atoms with Crippen LogP contribution in [0.15, 0.2) is 24.3 Å². The average molecular weight is 273 g/mol. The number of benzene rings is 1. The largest absolute Gasteiger partial charge is 0.326 e. The summed E-state index contributed by atoms with van der Waals surface area (Å²) in [4.78, 5) is 23.7. The van der Waals surface area contributed by atoms with Gasteiger partial charge in [0.2, 0.25) is 11.8 Å². The van der Waals surface area contributed by atoms with Crippen molar-refractivity contribution >= 4 is 23.2 Å². The van der Waals surface area contributed by atoms with Crippen LogP contribution in [0.3, 0.4) is 0 Å². The standard InChI is InChI=1S/C15H19N3O2/c19-14(10-6-7-10)17-11-3-1-4-12(9-11)18-15(20)13-5-2-8-16-13/h1,3-4,9-10,13,16H,2,5-8H2,(H,17,19)(H,18,20)/t13-/m1/s1. The highest BCUT2D eigenvalue weighted by Gasteiger charge is 2.29. The third kappa shape index (κ3) is 3.17. The number of amides is 2. The molecule has 1 atom stereocenters. The normalized spacial score (nSPS) is 21.5. The third-order valence-electron chi connectivity index (χ3n) is 3.72. The smallest absolute Gasteiger partial charge is 0.241 e. The van der Waals surface area contributed by atoms with Crippen LogP contribution < -0.4 is 16.0 Å². The topological polar surface area (TPSA) is 70.2 Å². The number of rotatable bonds is 4. The van der Waals surface area contributed by atoms with Crippen LogP contribution in [0.2, 0.25) is 0 Å². The van der Waals surface area contributed by atoms with Crippen LogP contribution in [-0.4, -0.2) is 24.4 Å². The van der Waals surface area contributed by atoms with Gasteiger partial charge in [-0.15, -0.1) is 0 Å². The summed E-state index contributed by atoms with van der Waals surface area (Å²) in [5, 5.41) is 8.94. The molecule has 106 valence electrons. The molecule has 5 heteroatoms. The second kappa shape index (κ2) is 5.63. The molecule has 1 aromatic carbocycles. The van der Waals surface area contributed by atoms with E-state index in [2.05, 4.69) is 16.0 Å². The number of nitrogens with one attached hydrogen (secondary N) is 3. The van der Waals surface area contributed by atoms with Crippen molar-refractivity contribution in [3.8, 4) is 0 Å². The molecule has 0 bridgehead atoms. The predicted molar refractivity (Wildman–Crippen MR) is 77.5 cm³/mol. The molecule has 5 nitrogen and oxygen atoms in total. The molecule has 0 spiro atoms. The molecule has 0 unspecified atom stereocenters. The first-order chi connectivity index (χ1) is 9.72. The van der Waals surface area contributed by atoms with Gasteiger partial charge in [0.15, 0.2) is 0 Å². The van der Waals surface area contributed by atoms with Crippen molar-refractivity contribution in [2.45, 2.75) is 31.7 Å². The minimum Gasteiger partial charge on any atom is -0.326 e. The van der Waals surface area contributed by atoms with Gasteiger partial charge in [-0.3, -0.25) is 9.59 Å². The second-order valence-electron chi connectivity index (χ2n) is 5.48. The molecule has 0 aromatic heterocycles. The van der Waals surface area contributed by atoms with Crippen LogP contribution >= 0.6 is 0 Å². The third-order valence-corrected chi connectivity index (χ3v) is 3.72. The van der Waals surface area contributed by atoms with E-state index in [1.807, 2.05) is 18.2 Å². The Balaban J connectivity index is 1.61. The summed E-state index contributed by atoms with van der Waals surface area (Å²) in [6.07, 6.45) is 3.88. The Kier molecular flexibility index (Phi) is 3.69. The minimum absolute atomic E-state index is 0.00632. The number of carbonyl (C=O) groups excluding carboxylic acids is 2. The molecule has 2 fully saturated rings. The van der Waals surface area contributed by atoms with E-state index in [0.29, 0.717) is 0 Å². The van der Waals surface area contributed by atoms with E-state index < -0.39 is 0 Å². The van der Waals surface area contributed by atoms with Crippen molar-refractivity contribution in [3.63, 3.8) is 0 Å². The molecule has 1 saturated heterocycles. The first kappa shape index (κ1) is 13.1. The molecule has 2 amide bonds.